The number of fused-ring (bicyclic) bond motifs is 1. The average molecular weight is 271 g/mol. The fourth-order valence-electron chi connectivity index (χ4n) is 2.03. The zero-order chi connectivity index (χ0) is 14.3. The normalized spacial score (nSPS) is 10.9. The Labute approximate surface area is 113 Å². The van der Waals surface area contributed by atoms with E-state index in [2.05, 4.69) is 0 Å². The quantitative estimate of drug-likeness (QED) is 0.527. The molecule has 2 aromatic heterocycles. The molecule has 5 heteroatoms. The molecule has 0 unspecified atom stereocenters. The molecular weight excluding hydrogens is 261 g/mol. The van der Waals surface area contributed by atoms with Crippen LogP contribution in [0.1, 0.15) is 21.6 Å². The molecule has 0 atom stereocenters. The summed E-state index contributed by atoms with van der Waals surface area (Å²) >= 11 is 0. The third kappa shape index (κ3) is 1.93. The van der Waals surface area contributed by atoms with Crippen molar-refractivity contribution in [3.8, 4) is 5.95 Å². The SMILES string of the molecule is Cc1ccc2oc([O-])c(C(=O)c3ccc(F)cc3)[n+]2c1. The van der Waals surface area contributed by atoms with Gasteiger partial charge in [-0.25, -0.2) is 4.39 Å². The number of aryl methyl sites for hydroxylation is 1. The monoisotopic (exact) mass is 271 g/mol. The van der Waals surface area contributed by atoms with Crippen molar-refractivity contribution in [2.24, 2.45) is 0 Å². The number of hydrogen-bond acceptors (Lipinski definition) is 3. The summed E-state index contributed by atoms with van der Waals surface area (Å²) < 4.78 is 19.3. The first kappa shape index (κ1) is 12.3. The average Bonchev–Trinajstić information content (AvgIpc) is 2.74. The Kier molecular flexibility index (Phi) is 2.75. The van der Waals surface area contributed by atoms with E-state index < -0.39 is 17.5 Å². The molecule has 4 nitrogen and oxygen atoms in total. The van der Waals surface area contributed by atoms with Crippen molar-refractivity contribution in [2.45, 2.75) is 6.92 Å². The minimum Gasteiger partial charge on any atom is -0.540 e. The molecule has 0 radical (unpaired) electrons. The molecule has 2 heterocycles. The summed E-state index contributed by atoms with van der Waals surface area (Å²) in [7, 11) is 0. The van der Waals surface area contributed by atoms with E-state index in [0.29, 0.717) is 5.71 Å². The first-order valence-corrected chi connectivity index (χ1v) is 5.98. The summed E-state index contributed by atoms with van der Waals surface area (Å²) in [5.74, 6) is -1.64. The first-order chi connectivity index (χ1) is 9.56. The Hall–Kier alpha value is -2.69. The summed E-state index contributed by atoms with van der Waals surface area (Å²) in [5.41, 5.74) is 1.33. The molecule has 3 aromatic rings. The van der Waals surface area contributed by atoms with Gasteiger partial charge in [-0.1, -0.05) is 0 Å². The number of rotatable bonds is 2. The van der Waals surface area contributed by atoms with Gasteiger partial charge in [0.2, 0.25) is 0 Å². The highest BCUT2D eigenvalue weighted by Gasteiger charge is 2.24. The van der Waals surface area contributed by atoms with Crippen LogP contribution in [-0.2, 0) is 0 Å². The third-order valence-electron chi connectivity index (χ3n) is 3.01. The van der Waals surface area contributed by atoms with Crippen LogP contribution in [0.3, 0.4) is 0 Å². The summed E-state index contributed by atoms with van der Waals surface area (Å²) in [5, 5.41) is 11.8. The first-order valence-electron chi connectivity index (χ1n) is 5.98. The summed E-state index contributed by atoms with van der Waals surface area (Å²) in [6, 6.07) is 8.44. The Bertz CT molecular complexity index is 806. The lowest BCUT2D eigenvalue weighted by Gasteiger charge is -1.98. The second-order valence-electron chi connectivity index (χ2n) is 4.49. The van der Waals surface area contributed by atoms with Crippen molar-refractivity contribution in [2.75, 3.05) is 0 Å². The van der Waals surface area contributed by atoms with E-state index in [1.54, 1.807) is 18.3 Å². The molecule has 0 fully saturated rings. The zero-order valence-corrected chi connectivity index (χ0v) is 10.6. The number of nitrogens with zero attached hydrogens (tertiary/aromatic N) is 1. The van der Waals surface area contributed by atoms with Gasteiger partial charge >= 0.3 is 0 Å². The number of benzene rings is 1. The molecule has 0 bridgehead atoms. The van der Waals surface area contributed by atoms with Crippen molar-refractivity contribution in [1.82, 2.24) is 0 Å². The molecule has 0 saturated heterocycles. The minimum atomic E-state index is -0.704. The number of carbonyl (C=O) groups excluding carboxylic acids is 1. The van der Waals surface area contributed by atoms with Crippen molar-refractivity contribution >= 4 is 11.5 Å². The smallest absolute Gasteiger partial charge is 0.282 e. The van der Waals surface area contributed by atoms with Gasteiger partial charge in [-0.2, -0.15) is 0 Å². The predicted molar refractivity (Wildman–Crippen MR) is 65.9 cm³/mol. The highest BCUT2D eigenvalue weighted by Crippen LogP contribution is 2.18. The number of pyridine rings is 1. The van der Waals surface area contributed by atoms with Crippen molar-refractivity contribution in [3.05, 3.63) is 65.2 Å². The van der Waals surface area contributed by atoms with Gasteiger partial charge in [0.25, 0.3) is 17.2 Å². The van der Waals surface area contributed by atoms with Crippen LogP contribution in [0.25, 0.3) is 5.71 Å². The molecule has 0 N–H and O–H groups in total. The highest BCUT2D eigenvalue weighted by molar-refractivity contribution is 6.07. The number of oxazole rings is 1. The second kappa shape index (κ2) is 4.45. The molecule has 0 aliphatic heterocycles. The fraction of sp³-hybridized carbons (Fsp3) is 0.0667. The van der Waals surface area contributed by atoms with Crippen LogP contribution in [0.4, 0.5) is 4.39 Å². The standard InChI is InChI=1S/C15H10FNO3/c1-9-2-7-12-17(8-9)13(15(19)20-12)14(18)10-3-5-11(16)6-4-10/h2-8H,1H3. The van der Waals surface area contributed by atoms with Gasteiger partial charge in [-0.15, -0.1) is 4.40 Å². The van der Waals surface area contributed by atoms with Gasteiger partial charge in [-0.3, -0.25) is 4.79 Å². The van der Waals surface area contributed by atoms with Crippen molar-refractivity contribution < 1.29 is 23.1 Å². The van der Waals surface area contributed by atoms with E-state index in [-0.39, 0.29) is 11.3 Å². The maximum Gasteiger partial charge on any atom is 0.282 e. The van der Waals surface area contributed by atoms with Crippen LogP contribution >= 0.6 is 0 Å². The van der Waals surface area contributed by atoms with Crippen LogP contribution in [0.2, 0.25) is 0 Å². The van der Waals surface area contributed by atoms with Crippen LogP contribution in [-0.4, -0.2) is 5.78 Å². The maximum absolute atomic E-state index is 12.9. The molecular formula is C15H10FNO3. The summed E-state index contributed by atoms with van der Waals surface area (Å²) in [6.07, 6.45) is 1.65. The van der Waals surface area contributed by atoms with Crippen LogP contribution in [0.15, 0.2) is 47.0 Å². The number of halogens is 1. The molecule has 3 rings (SSSR count). The van der Waals surface area contributed by atoms with Crippen molar-refractivity contribution in [3.63, 3.8) is 0 Å². The van der Waals surface area contributed by atoms with Gasteiger partial charge in [0.1, 0.15) is 11.8 Å². The van der Waals surface area contributed by atoms with Gasteiger partial charge in [0.05, 0.1) is 0 Å². The van der Waals surface area contributed by atoms with Crippen LogP contribution in [0, 0.1) is 12.7 Å². The lowest BCUT2D eigenvalue weighted by Crippen LogP contribution is -2.28. The Morgan fingerprint density at radius 3 is 2.60 bits per heavy atom. The number of hydrogen-bond donors (Lipinski definition) is 0. The molecule has 0 aliphatic rings. The van der Waals surface area contributed by atoms with Gasteiger partial charge in [0, 0.05) is 17.2 Å². The highest BCUT2D eigenvalue weighted by atomic mass is 19.1. The fourth-order valence-corrected chi connectivity index (χ4v) is 2.03. The molecule has 0 aliphatic carbocycles. The zero-order valence-electron chi connectivity index (χ0n) is 10.6. The summed E-state index contributed by atoms with van der Waals surface area (Å²) in [6.45, 7) is 1.84. The molecule has 1 aromatic carbocycles. The predicted octanol–water partition coefficient (Wildman–Crippen LogP) is 1.77. The van der Waals surface area contributed by atoms with E-state index >= 15 is 0 Å². The van der Waals surface area contributed by atoms with E-state index in [4.69, 9.17) is 4.42 Å². The van der Waals surface area contributed by atoms with E-state index in [9.17, 15) is 14.3 Å². The number of aromatic nitrogens is 1. The number of carbonyl (C=O) groups is 1. The molecule has 0 amide bonds. The van der Waals surface area contributed by atoms with Gasteiger partial charge < -0.3 is 9.52 Å². The number of ketones is 1. The maximum atomic E-state index is 12.9. The molecule has 0 saturated carbocycles. The molecule has 0 spiro atoms. The lowest BCUT2D eigenvalue weighted by molar-refractivity contribution is -0.518. The third-order valence-corrected chi connectivity index (χ3v) is 3.01. The van der Waals surface area contributed by atoms with Crippen LogP contribution < -0.4 is 9.51 Å². The van der Waals surface area contributed by atoms with Crippen LogP contribution in [0.5, 0.6) is 5.95 Å². The Morgan fingerprint density at radius 1 is 1.20 bits per heavy atom. The van der Waals surface area contributed by atoms with E-state index in [1.165, 1.54) is 28.7 Å². The van der Waals surface area contributed by atoms with Gasteiger partial charge in [0.15, 0.2) is 6.20 Å². The second-order valence-corrected chi connectivity index (χ2v) is 4.49. The Morgan fingerprint density at radius 2 is 1.90 bits per heavy atom. The Balaban J connectivity index is 2.18. The molecule has 20 heavy (non-hydrogen) atoms. The minimum absolute atomic E-state index is 0.0877. The van der Waals surface area contributed by atoms with E-state index in [0.717, 1.165) is 5.56 Å². The van der Waals surface area contributed by atoms with Crippen molar-refractivity contribution in [1.29, 1.82) is 0 Å². The lowest BCUT2D eigenvalue weighted by atomic mass is 10.1. The van der Waals surface area contributed by atoms with E-state index in [1.807, 2.05) is 6.92 Å². The molecule has 100 valence electrons. The van der Waals surface area contributed by atoms with Gasteiger partial charge in [-0.05, 0) is 37.3 Å². The summed E-state index contributed by atoms with van der Waals surface area (Å²) in [4.78, 5) is 12.4. The largest absolute Gasteiger partial charge is 0.540 e. The topological polar surface area (TPSA) is 57.4 Å².